The first kappa shape index (κ1) is 14.9. The fourth-order valence-corrected chi connectivity index (χ4v) is 1.92. The Labute approximate surface area is 131 Å². The van der Waals surface area contributed by atoms with E-state index in [1.807, 2.05) is 30.3 Å². The number of ether oxygens (including phenoxy) is 1. The number of aromatic nitrogens is 3. The van der Waals surface area contributed by atoms with Gasteiger partial charge in [-0.05, 0) is 0 Å². The molecule has 118 valence electrons. The summed E-state index contributed by atoms with van der Waals surface area (Å²) in [5, 5.41) is 10.1. The van der Waals surface area contributed by atoms with Crippen LogP contribution in [0.1, 0.15) is 22.2 Å². The van der Waals surface area contributed by atoms with Crippen molar-refractivity contribution in [1.29, 1.82) is 0 Å². The molecule has 8 nitrogen and oxygen atoms in total. The Bertz CT molecular complexity index is 782. The largest absolute Gasteiger partial charge is 0.377 e. The van der Waals surface area contributed by atoms with Crippen LogP contribution < -0.4 is 5.32 Å². The number of benzene rings is 1. The van der Waals surface area contributed by atoms with Gasteiger partial charge in [-0.15, -0.1) is 0 Å². The summed E-state index contributed by atoms with van der Waals surface area (Å²) in [6, 6.07) is 11.0. The first-order valence-electron chi connectivity index (χ1n) is 6.87. The first-order valence-corrected chi connectivity index (χ1v) is 6.87. The van der Waals surface area contributed by atoms with Gasteiger partial charge in [-0.25, -0.2) is 0 Å². The molecule has 2 heterocycles. The monoisotopic (exact) mass is 314 g/mol. The van der Waals surface area contributed by atoms with E-state index in [2.05, 4.69) is 20.6 Å². The first-order chi connectivity index (χ1) is 11.3. The van der Waals surface area contributed by atoms with Gasteiger partial charge >= 0.3 is 0 Å². The van der Waals surface area contributed by atoms with Gasteiger partial charge in [-0.1, -0.05) is 40.6 Å². The molecule has 3 aromatic rings. The van der Waals surface area contributed by atoms with Crippen molar-refractivity contribution in [2.75, 3.05) is 7.11 Å². The number of nitrogens with one attached hydrogen (secondary N) is 1. The van der Waals surface area contributed by atoms with E-state index in [-0.39, 0.29) is 30.6 Å². The molecule has 8 heteroatoms. The quantitative estimate of drug-likeness (QED) is 0.740. The van der Waals surface area contributed by atoms with Crippen LogP contribution in [0, 0.1) is 0 Å². The molecule has 1 N–H and O–H groups in total. The molecular weight excluding hydrogens is 300 g/mol. The molecule has 0 saturated heterocycles. The lowest BCUT2D eigenvalue weighted by Crippen LogP contribution is -2.23. The molecule has 1 aromatic carbocycles. The summed E-state index contributed by atoms with van der Waals surface area (Å²) in [6.07, 6.45) is 0. The van der Waals surface area contributed by atoms with Crippen molar-refractivity contribution < 1.29 is 18.6 Å². The van der Waals surface area contributed by atoms with E-state index in [1.165, 1.54) is 7.11 Å². The summed E-state index contributed by atoms with van der Waals surface area (Å²) in [6.45, 7) is 0.351. The van der Waals surface area contributed by atoms with Gasteiger partial charge in [0.2, 0.25) is 5.89 Å². The molecule has 0 fully saturated rings. The molecule has 0 aliphatic rings. The second-order valence-electron chi connectivity index (χ2n) is 4.66. The van der Waals surface area contributed by atoms with E-state index in [9.17, 15) is 4.79 Å². The normalized spacial score (nSPS) is 10.7. The number of hydrogen-bond acceptors (Lipinski definition) is 7. The highest BCUT2D eigenvalue weighted by Gasteiger charge is 2.14. The molecule has 1 amide bonds. The third-order valence-corrected chi connectivity index (χ3v) is 2.98. The fraction of sp³-hybridized carbons (Fsp3) is 0.200. The van der Waals surface area contributed by atoms with Crippen LogP contribution in [0.25, 0.3) is 11.3 Å². The van der Waals surface area contributed by atoms with Crippen molar-refractivity contribution in [3.8, 4) is 11.3 Å². The Morgan fingerprint density at radius 2 is 2.04 bits per heavy atom. The van der Waals surface area contributed by atoms with E-state index in [0.717, 1.165) is 5.56 Å². The average Bonchev–Trinajstić information content (AvgIpc) is 3.23. The predicted octanol–water partition coefficient (Wildman–Crippen LogP) is 1.80. The number of carbonyl (C=O) groups excluding carboxylic acids is 1. The van der Waals surface area contributed by atoms with Crippen LogP contribution >= 0.6 is 0 Å². The van der Waals surface area contributed by atoms with Crippen molar-refractivity contribution in [2.45, 2.75) is 13.2 Å². The molecule has 3 rings (SSSR count). The second kappa shape index (κ2) is 6.84. The lowest BCUT2D eigenvalue weighted by molar-refractivity contribution is 0.0937. The second-order valence-corrected chi connectivity index (χ2v) is 4.66. The van der Waals surface area contributed by atoms with Crippen molar-refractivity contribution in [1.82, 2.24) is 20.6 Å². The van der Waals surface area contributed by atoms with Crippen LogP contribution in [0.4, 0.5) is 0 Å². The zero-order valence-corrected chi connectivity index (χ0v) is 12.4. The molecule has 0 unspecified atom stereocenters. The van der Waals surface area contributed by atoms with Crippen LogP contribution in [0.15, 0.2) is 45.4 Å². The Morgan fingerprint density at radius 3 is 2.83 bits per heavy atom. The van der Waals surface area contributed by atoms with Crippen LogP contribution in [0.3, 0.4) is 0 Å². The smallest absolute Gasteiger partial charge is 0.273 e. The highest BCUT2D eigenvalue weighted by Crippen LogP contribution is 2.19. The Kier molecular flexibility index (Phi) is 4.44. The number of methoxy groups -OCH3 is 1. The number of nitrogens with zero attached hydrogens (tertiary/aromatic N) is 3. The van der Waals surface area contributed by atoms with Gasteiger partial charge in [0.25, 0.3) is 5.91 Å². The number of amides is 1. The molecular formula is C15H14N4O4. The lowest BCUT2D eigenvalue weighted by atomic mass is 10.1. The Morgan fingerprint density at radius 1 is 1.22 bits per heavy atom. The van der Waals surface area contributed by atoms with Gasteiger partial charge in [-0.2, -0.15) is 4.98 Å². The van der Waals surface area contributed by atoms with Crippen LogP contribution in [-0.4, -0.2) is 28.3 Å². The molecule has 0 radical (unpaired) electrons. The minimum atomic E-state index is -0.387. The summed E-state index contributed by atoms with van der Waals surface area (Å²) in [5.41, 5.74) is 1.03. The van der Waals surface area contributed by atoms with E-state index >= 15 is 0 Å². The Balaban J connectivity index is 1.61. The topological polar surface area (TPSA) is 103 Å². The highest BCUT2D eigenvalue weighted by molar-refractivity contribution is 5.92. The minimum Gasteiger partial charge on any atom is -0.377 e. The zero-order chi connectivity index (χ0) is 16.1. The third kappa shape index (κ3) is 3.61. The SMILES string of the molecule is COCc1noc(CNC(=O)c2cc(-c3ccccc3)on2)n1. The summed E-state index contributed by atoms with van der Waals surface area (Å²) < 4.78 is 15.0. The predicted molar refractivity (Wildman–Crippen MR) is 78.1 cm³/mol. The maximum absolute atomic E-state index is 12.0. The number of rotatable bonds is 6. The van der Waals surface area contributed by atoms with Crippen LogP contribution in [-0.2, 0) is 17.9 Å². The minimum absolute atomic E-state index is 0.100. The highest BCUT2D eigenvalue weighted by atomic mass is 16.5. The van der Waals surface area contributed by atoms with E-state index in [1.54, 1.807) is 6.07 Å². The van der Waals surface area contributed by atoms with Crippen molar-refractivity contribution in [3.05, 3.63) is 53.8 Å². The number of hydrogen-bond donors (Lipinski definition) is 1. The molecule has 0 aliphatic carbocycles. The number of carbonyl (C=O) groups is 1. The van der Waals surface area contributed by atoms with Gasteiger partial charge in [-0.3, -0.25) is 4.79 Å². The van der Waals surface area contributed by atoms with Gasteiger partial charge in [0, 0.05) is 18.7 Å². The molecule has 0 saturated carbocycles. The van der Waals surface area contributed by atoms with E-state index < -0.39 is 0 Å². The molecule has 0 atom stereocenters. The van der Waals surface area contributed by atoms with Crippen LogP contribution in [0.2, 0.25) is 0 Å². The van der Waals surface area contributed by atoms with Crippen molar-refractivity contribution in [2.24, 2.45) is 0 Å². The van der Waals surface area contributed by atoms with E-state index in [0.29, 0.717) is 11.6 Å². The molecule has 0 spiro atoms. The maximum atomic E-state index is 12.0. The summed E-state index contributed by atoms with van der Waals surface area (Å²) in [7, 11) is 1.53. The lowest BCUT2D eigenvalue weighted by Gasteiger charge is -1.97. The van der Waals surface area contributed by atoms with Gasteiger partial charge in [0.15, 0.2) is 17.3 Å². The average molecular weight is 314 g/mol. The van der Waals surface area contributed by atoms with Gasteiger partial charge in [0.05, 0.1) is 6.54 Å². The van der Waals surface area contributed by atoms with Crippen molar-refractivity contribution in [3.63, 3.8) is 0 Å². The zero-order valence-electron chi connectivity index (χ0n) is 12.4. The van der Waals surface area contributed by atoms with E-state index in [4.69, 9.17) is 13.8 Å². The molecule has 2 aromatic heterocycles. The molecule has 23 heavy (non-hydrogen) atoms. The maximum Gasteiger partial charge on any atom is 0.273 e. The summed E-state index contributed by atoms with van der Waals surface area (Å²) in [5.74, 6) is 0.847. The fourth-order valence-electron chi connectivity index (χ4n) is 1.92. The molecule has 0 bridgehead atoms. The molecule has 0 aliphatic heterocycles. The van der Waals surface area contributed by atoms with Gasteiger partial charge < -0.3 is 19.1 Å². The Hall–Kier alpha value is -3.00. The van der Waals surface area contributed by atoms with Crippen molar-refractivity contribution >= 4 is 5.91 Å². The third-order valence-electron chi connectivity index (χ3n) is 2.98. The standard InChI is InChI=1S/C15H14N4O4/c1-21-9-13-17-14(23-19-13)8-16-15(20)11-7-12(22-18-11)10-5-3-2-4-6-10/h2-7H,8-9H2,1H3,(H,16,20). The van der Waals surface area contributed by atoms with Crippen LogP contribution in [0.5, 0.6) is 0 Å². The van der Waals surface area contributed by atoms with Gasteiger partial charge in [0.1, 0.15) is 6.61 Å². The summed E-state index contributed by atoms with van der Waals surface area (Å²) in [4.78, 5) is 16.1. The summed E-state index contributed by atoms with van der Waals surface area (Å²) >= 11 is 0.